The predicted molar refractivity (Wildman–Crippen MR) is 96.9 cm³/mol. The number of sulfone groups is 1. The van der Waals surface area contributed by atoms with Crippen molar-refractivity contribution in [3.63, 3.8) is 0 Å². The van der Waals surface area contributed by atoms with Gasteiger partial charge in [0.05, 0.1) is 4.90 Å². The Bertz CT molecular complexity index is 1060. The van der Waals surface area contributed by atoms with Crippen molar-refractivity contribution in [1.29, 1.82) is 5.26 Å². The molecule has 3 rings (SSSR count). The zero-order valence-electron chi connectivity index (χ0n) is 13.7. The number of ether oxygens (including phenoxy) is 1. The number of benzene rings is 1. The highest BCUT2D eigenvalue weighted by molar-refractivity contribution is 7.99. The third-order valence-corrected chi connectivity index (χ3v) is 5.31. The maximum absolute atomic E-state index is 11.5. The van der Waals surface area contributed by atoms with Gasteiger partial charge in [0.2, 0.25) is 0 Å². The first-order valence-electron chi connectivity index (χ1n) is 7.43. The first-order valence-corrected chi connectivity index (χ1v) is 10.1. The lowest BCUT2D eigenvalue weighted by atomic mass is 10.3. The lowest BCUT2D eigenvalue weighted by Crippen LogP contribution is -1.97. The van der Waals surface area contributed by atoms with Gasteiger partial charge < -0.3 is 4.74 Å². The second-order valence-corrected chi connectivity index (χ2v) is 8.35. The molecule has 2 heterocycles. The third-order valence-electron chi connectivity index (χ3n) is 3.27. The molecule has 26 heavy (non-hydrogen) atoms. The molecule has 3 aromatic rings. The van der Waals surface area contributed by atoms with Crippen LogP contribution in [0.4, 0.5) is 0 Å². The lowest BCUT2D eigenvalue weighted by Gasteiger charge is -2.09. The van der Waals surface area contributed by atoms with E-state index in [0.29, 0.717) is 11.5 Å². The smallest absolute Gasteiger partial charge is 0.183 e. The topological polar surface area (TPSA) is 92.9 Å². The minimum Gasteiger partial charge on any atom is -0.454 e. The van der Waals surface area contributed by atoms with Gasteiger partial charge in [0.1, 0.15) is 16.8 Å². The number of aromatic nitrogens is 2. The second kappa shape index (κ2) is 7.56. The van der Waals surface area contributed by atoms with Crippen LogP contribution >= 0.6 is 11.8 Å². The van der Waals surface area contributed by atoms with Crippen LogP contribution in [-0.2, 0) is 9.84 Å². The van der Waals surface area contributed by atoms with Gasteiger partial charge in [-0.25, -0.2) is 18.4 Å². The van der Waals surface area contributed by atoms with Crippen molar-refractivity contribution < 1.29 is 13.2 Å². The summed E-state index contributed by atoms with van der Waals surface area (Å²) in [6.45, 7) is 0. The van der Waals surface area contributed by atoms with E-state index >= 15 is 0 Å². The van der Waals surface area contributed by atoms with Gasteiger partial charge >= 0.3 is 0 Å². The molecule has 0 bridgehead atoms. The molecule has 6 nitrogen and oxygen atoms in total. The lowest BCUT2D eigenvalue weighted by molar-refractivity contribution is 0.476. The summed E-state index contributed by atoms with van der Waals surface area (Å²) >= 11 is 1.39. The summed E-state index contributed by atoms with van der Waals surface area (Å²) < 4.78 is 28.8. The van der Waals surface area contributed by atoms with Crippen molar-refractivity contribution in [3.05, 3.63) is 66.6 Å². The molecule has 0 saturated heterocycles. The van der Waals surface area contributed by atoms with Gasteiger partial charge in [-0.05, 0) is 42.5 Å². The summed E-state index contributed by atoms with van der Waals surface area (Å²) in [6.07, 6.45) is 4.41. The maximum Gasteiger partial charge on any atom is 0.183 e. The number of nitriles is 1. The molecule has 0 aliphatic rings. The van der Waals surface area contributed by atoms with Gasteiger partial charge in [-0.15, -0.1) is 0 Å². The SMILES string of the molecule is CS(=O)(=O)c1ccc(Oc2cc(Sc3ccccn3)cnc2C#N)cc1. The molecule has 0 saturated carbocycles. The first kappa shape index (κ1) is 17.9. The maximum atomic E-state index is 11.5. The summed E-state index contributed by atoms with van der Waals surface area (Å²) in [6, 6.07) is 15.3. The van der Waals surface area contributed by atoms with Crippen LogP contribution in [0.1, 0.15) is 5.69 Å². The van der Waals surface area contributed by atoms with E-state index in [4.69, 9.17) is 4.74 Å². The molecule has 0 spiro atoms. The van der Waals surface area contributed by atoms with Crippen LogP contribution in [0.25, 0.3) is 0 Å². The zero-order valence-corrected chi connectivity index (χ0v) is 15.3. The summed E-state index contributed by atoms with van der Waals surface area (Å²) in [5.41, 5.74) is 0.141. The Hall–Kier alpha value is -2.89. The molecule has 130 valence electrons. The van der Waals surface area contributed by atoms with Crippen LogP contribution in [-0.4, -0.2) is 24.6 Å². The molecule has 0 radical (unpaired) electrons. The molecular formula is C18H13N3O3S2. The average molecular weight is 383 g/mol. The van der Waals surface area contributed by atoms with E-state index in [1.807, 2.05) is 24.3 Å². The predicted octanol–water partition coefficient (Wildman–Crippen LogP) is 3.70. The van der Waals surface area contributed by atoms with Crippen molar-refractivity contribution in [2.24, 2.45) is 0 Å². The molecule has 1 aromatic carbocycles. The molecule has 0 aliphatic carbocycles. The number of rotatable bonds is 5. The largest absolute Gasteiger partial charge is 0.454 e. The standard InChI is InChI=1S/C18H13N3O3S2/c1-26(22,23)15-7-5-13(6-8-15)24-17-10-14(12-21-16(17)11-19)25-18-4-2-3-9-20-18/h2-10,12H,1H3. The normalized spacial score (nSPS) is 10.9. The minimum atomic E-state index is -3.28. The Kier molecular flexibility index (Phi) is 5.21. The molecule has 8 heteroatoms. The Morgan fingerprint density at radius 2 is 1.88 bits per heavy atom. The van der Waals surface area contributed by atoms with Crippen LogP contribution in [0.15, 0.2) is 75.7 Å². The monoisotopic (exact) mass is 383 g/mol. The molecule has 0 N–H and O–H groups in total. The molecule has 0 aliphatic heterocycles. The van der Waals surface area contributed by atoms with E-state index in [1.54, 1.807) is 18.5 Å². The minimum absolute atomic E-state index is 0.141. The Labute approximate surface area is 155 Å². The fourth-order valence-electron chi connectivity index (χ4n) is 2.05. The van der Waals surface area contributed by atoms with Crippen molar-refractivity contribution in [2.45, 2.75) is 14.8 Å². The molecule has 0 unspecified atom stereocenters. The van der Waals surface area contributed by atoms with E-state index in [1.165, 1.54) is 36.0 Å². The van der Waals surface area contributed by atoms with Gasteiger partial charge in [-0.2, -0.15) is 5.26 Å². The molecule has 2 aromatic heterocycles. The second-order valence-electron chi connectivity index (χ2n) is 5.25. The number of hydrogen-bond donors (Lipinski definition) is 0. The van der Waals surface area contributed by atoms with E-state index in [9.17, 15) is 13.7 Å². The van der Waals surface area contributed by atoms with Gasteiger partial charge in [0, 0.05) is 23.5 Å². The third kappa shape index (κ3) is 4.39. The Morgan fingerprint density at radius 1 is 1.12 bits per heavy atom. The first-order chi connectivity index (χ1) is 12.5. The fraction of sp³-hybridized carbons (Fsp3) is 0.0556. The molecule has 0 atom stereocenters. The summed E-state index contributed by atoms with van der Waals surface area (Å²) in [5.74, 6) is 0.705. The van der Waals surface area contributed by atoms with Crippen molar-refractivity contribution in [1.82, 2.24) is 9.97 Å². The fourth-order valence-corrected chi connectivity index (χ4v) is 3.46. The van der Waals surface area contributed by atoms with Crippen molar-refractivity contribution in [2.75, 3.05) is 6.26 Å². The van der Waals surface area contributed by atoms with Gasteiger partial charge in [0.15, 0.2) is 21.3 Å². The van der Waals surface area contributed by atoms with E-state index in [-0.39, 0.29) is 10.6 Å². The summed E-state index contributed by atoms with van der Waals surface area (Å²) in [5, 5.41) is 10.0. The molecule has 0 fully saturated rings. The Morgan fingerprint density at radius 3 is 2.50 bits per heavy atom. The van der Waals surface area contributed by atoms with E-state index < -0.39 is 9.84 Å². The quantitative estimate of drug-likeness (QED) is 0.663. The van der Waals surface area contributed by atoms with Gasteiger partial charge in [0.25, 0.3) is 0 Å². The van der Waals surface area contributed by atoms with Crippen LogP contribution in [0, 0.1) is 11.3 Å². The van der Waals surface area contributed by atoms with E-state index in [2.05, 4.69) is 9.97 Å². The highest BCUT2D eigenvalue weighted by Gasteiger charge is 2.11. The summed E-state index contributed by atoms with van der Waals surface area (Å²) in [7, 11) is -3.28. The number of nitrogens with zero attached hydrogens (tertiary/aromatic N) is 3. The van der Waals surface area contributed by atoms with Crippen molar-refractivity contribution >= 4 is 21.6 Å². The number of hydrogen-bond acceptors (Lipinski definition) is 7. The van der Waals surface area contributed by atoms with E-state index in [0.717, 1.165) is 16.2 Å². The summed E-state index contributed by atoms with van der Waals surface area (Å²) in [4.78, 5) is 9.32. The van der Waals surface area contributed by atoms with Crippen LogP contribution in [0.3, 0.4) is 0 Å². The Balaban J connectivity index is 1.86. The van der Waals surface area contributed by atoms with Crippen molar-refractivity contribution in [3.8, 4) is 17.6 Å². The van der Waals surface area contributed by atoms with Crippen LogP contribution < -0.4 is 4.74 Å². The molecule has 0 amide bonds. The van der Waals surface area contributed by atoms with Crippen LogP contribution in [0.5, 0.6) is 11.5 Å². The zero-order chi connectivity index (χ0) is 18.6. The van der Waals surface area contributed by atoms with Crippen LogP contribution in [0.2, 0.25) is 0 Å². The average Bonchev–Trinajstić information content (AvgIpc) is 2.63. The highest BCUT2D eigenvalue weighted by Crippen LogP contribution is 2.32. The highest BCUT2D eigenvalue weighted by atomic mass is 32.2. The number of pyridine rings is 2. The van der Waals surface area contributed by atoms with Gasteiger partial charge in [-0.1, -0.05) is 17.8 Å². The molecular weight excluding hydrogens is 370 g/mol. The van der Waals surface area contributed by atoms with Gasteiger partial charge in [-0.3, -0.25) is 0 Å².